The third kappa shape index (κ3) is 13.4. The standard InChI is InChI=1S/C55H56N10O9S/c1-33(2)75(71)39-24-20-37(21-25-39)47-28-59-51(56)50(63-47)48-27-46(64-74-48)36-18-14-34(15-19-36)30-65(3)55(70)73-31-35-16-22-38(23-17-35)61-52(67)45(13-8-26-58-53(57)68)62-49(66)29-60-54(69)72-32-44-42-11-6-4-9-40(42)41-10-5-7-12-43(41)44/h4-7,9-12,14-25,27-28,33,44-45H,8,13,26,29-32H2,1-3H3,(H2,56,59)(H,60,69)(H,61,67)(H,62,66)(H3,57,58,68). The van der Waals surface area contributed by atoms with Crippen LogP contribution in [0, 0.1) is 0 Å². The number of nitrogens with two attached hydrogens (primary N) is 2. The molecule has 1 aliphatic rings. The number of urea groups is 1. The van der Waals surface area contributed by atoms with Crippen LogP contribution >= 0.6 is 0 Å². The minimum Gasteiger partial charge on any atom is -0.449 e. The fourth-order valence-corrected chi connectivity index (χ4v) is 9.34. The van der Waals surface area contributed by atoms with Gasteiger partial charge in [-0.2, -0.15) is 0 Å². The molecule has 2 heterocycles. The number of amides is 6. The van der Waals surface area contributed by atoms with Crippen LogP contribution in [0.4, 0.5) is 25.9 Å². The van der Waals surface area contributed by atoms with Gasteiger partial charge in [-0.3, -0.25) is 13.8 Å². The smallest absolute Gasteiger partial charge is 0.410 e. The Balaban J connectivity index is 0.789. The van der Waals surface area contributed by atoms with Crippen molar-refractivity contribution in [2.75, 3.05) is 37.8 Å². The Kier molecular flexibility index (Phi) is 16.9. The summed E-state index contributed by atoms with van der Waals surface area (Å²) >= 11 is 0. The third-order valence-corrected chi connectivity index (χ3v) is 13.9. The zero-order valence-electron chi connectivity index (χ0n) is 41.4. The number of primary amides is 1. The quantitative estimate of drug-likeness (QED) is 0.0399. The number of hydrogen-bond donors (Lipinski definition) is 6. The van der Waals surface area contributed by atoms with Crippen LogP contribution in [0.1, 0.15) is 54.9 Å². The second kappa shape index (κ2) is 24.2. The number of carbonyl (C=O) groups is 5. The van der Waals surface area contributed by atoms with Crippen molar-refractivity contribution in [3.63, 3.8) is 0 Å². The van der Waals surface area contributed by atoms with Gasteiger partial charge in [-0.25, -0.2) is 24.4 Å². The molecule has 19 nitrogen and oxygen atoms in total. The number of hydrogen-bond acceptors (Lipinski definition) is 13. The Morgan fingerprint density at radius 2 is 1.44 bits per heavy atom. The molecule has 0 saturated carbocycles. The van der Waals surface area contributed by atoms with Gasteiger partial charge in [0.05, 0.1) is 22.7 Å². The molecule has 0 aliphatic heterocycles. The molecule has 0 fully saturated rings. The second-order valence-electron chi connectivity index (χ2n) is 18.0. The Hall–Kier alpha value is -8.91. The lowest BCUT2D eigenvalue weighted by atomic mass is 9.98. The van der Waals surface area contributed by atoms with Gasteiger partial charge in [0.1, 0.15) is 31.5 Å². The van der Waals surface area contributed by atoms with Crippen molar-refractivity contribution in [2.24, 2.45) is 5.73 Å². The summed E-state index contributed by atoms with van der Waals surface area (Å²) in [5.74, 6) is -0.821. The highest BCUT2D eigenvalue weighted by Crippen LogP contribution is 2.44. The second-order valence-corrected chi connectivity index (χ2v) is 20.0. The first kappa shape index (κ1) is 52.4. The summed E-state index contributed by atoms with van der Waals surface area (Å²) in [7, 11) is 0.506. The van der Waals surface area contributed by atoms with Gasteiger partial charge in [0.2, 0.25) is 11.8 Å². The molecule has 7 aromatic rings. The fraction of sp³-hybridized carbons (Fsp3) is 0.236. The Morgan fingerprint density at radius 3 is 2.11 bits per heavy atom. The van der Waals surface area contributed by atoms with Crippen LogP contribution in [0.15, 0.2) is 143 Å². The van der Waals surface area contributed by atoms with Gasteiger partial charge in [-0.15, -0.1) is 0 Å². The van der Waals surface area contributed by atoms with Gasteiger partial charge in [-0.1, -0.05) is 116 Å². The number of fused-ring (bicyclic) bond motifs is 3. The first-order chi connectivity index (χ1) is 36.2. The number of benzene rings is 5. The first-order valence-electron chi connectivity index (χ1n) is 24.1. The average Bonchev–Trinajstić information content (AvgIpc) is 4.04. The highest BCUT2D eigenvalue weighted by Gasteiger charge is 2.29. The molecule has 2 atom stereocenters. The van der Waals surface area contributed by atoms with E-state index in [-0.39, 0.29) is 49.7 Å². The molecule has 5 aromatic carbocycles. The van der Waals surface area contributed by atoms with Gasteiger partial charge in [0.25, 0.3) is 0 Å². The van der Waals surface area contributed by atoms with E-state index in [0.717, 1.165) is 43.8 Å². The highest BCUT2D eigenvalue weighted by molar-refractivity contribution is 7.85. The topological polar surface area (TPSA) is 276 Å². The van der Waals surface area contributed by atoms with Crippen LogP contribution in [0.25, 0.3) is 45.1 Å². The first-order valence-corrected chi connectivity index (χ1v) is 25.3. The highest BCUT2D eigenvalue weighted by atomic mass is 32.2. The molecule has 8 N–H and O–H groups in total. The molecule has 75 heavy (non-hydrogen) atoms. The third-order valence-electron chi connectivity index (χ3n) is 12.3. The number of aromatic nitrogens is 3. The van der Waals surface area contributed by atoms with Gasteiger partial charge < -0.3 is 51.6 Å². The zero-order chi connectivity index (χ0) is 53.0. The van der Waals surface area contributed by atoms with Crippen molar-refractivity contribution < 1.29 is 42.2 Å². The summed E-state index contributed by atoms with van der Waals surface area (Å²) in [6, 6.07) is 37.3. The lowest BCUT2D eigenvalue weighted by molar-refractivity contribution is -0.126. The van der Waals surface area contributed by atoms with Crippen LogP contribution in [-0.4, -0.2) is 92.3 Å². The molecule has 2 unspecified atom stereocenters. The van der Waals surface area contributed by atoms with E-state index in [1.165, 1.54) is 4.90 Å². The lowest BCUT2D eigenvalue weighted by Crippen LogP contribution is -2.47. The normalized spacial score (nSPS) is 12.4. The van der Waals surface area contributed by atoms with Crippen LogP contribution in [0.2, 0.25) is 0 Å². The molecule has 0 bridgehead atoms. The van der Waals surface area contributed by atoms with Gasteiger partial charge >= 0.3 is 18.2 Å². The predicted molar refractivity (Wildman–Crippen MR) is 283 cm³/mol. The molecular formula is C55H56N10O9S. The number of nitrogens with one attached hydrogen (secondary N) is 4. The van der Waals surface area contributed by atoms with Crippen molar-refractivity contribution in [1.29, 1.82) is 0 Å². The summed E-state index contributed by atoms with van der Waals surface area (Å²) in [5.41, 5.74) is 20.5. The number of rotatable bonds is 20. The molecule has 6 amide bonds. The summed E-state index contributed by atoms with van der Waals surface area (Å²) in [6.45, 7) is 3.81. The van der Waals surface area contributed by atoms with Crippen LogP contribution in [0.3, 0.4) is 0 Å². The number of nitrogens with zero attached hydrogens (tertiary/aromatic N) is 4. The lowest BCUT2D eigenvalue weighted by Gasteiger charge is -2.19. The van der Waals surface area contributed by atoms with Gasteiger partial charge in [-0.05, 0) is 70.5 Å². The van der Waals surface area contributed by atoms with E-state index in [4.69, 9.17) is 30.4 Å². The van der Waals surface area contributed by atoms with Crippen LogP contribution < -0.4 is 32.7 Å². The minimum atomic E-state index is -1.11. The summed E-state index contributed by atoms with van der Waals surface area (Å²) in [6.07, 6.45) is 0.672. The Bertz CT molecular complexity index is 3160. The number of nitrogen functional groups attached to an aromatic ring is 1. The number of alkyl carbamates (subject to hydrolysis) is 1. The summed E-state index contributed by atoms with van der Waals surface area (Å²) < 4.78 is 29.3. The van der Waals surface area contributed by atoms with Crippen molar-refractivity contribution in [1.82, 2.24) is 36.0 Å². The largest absolute Gasteiger partial charge is 0.449 e. The molecule has 1 aliphatic carbocycles. The molecular weight excluding hydrogens is 977 g/mol. The predicted octanol–water partition coefficient (Wildman–Crippen LogP) is 7.74. The maximum absolute atomic E-state index is 13.5. The van der Waals surface area contributed by atoms with E-state index in [9.17, 15) is 28.2 Å². The molecule has 20 heteroatoms. The number of ether oxygens (including phenoxy) is 2. The SMILES string of the molecule is CC(C)S(=O)c1ccc(-c2cnc(N)c(-c3cc(-c4ccc(CN(C)C(=O)OCc5ccc(NC(=O)C(CCCNC(N)=O)NC(=O)CNC(=O)OCC6c7ccccc7-c7ccccc76)cc5)cc4)no3)n2)cc1. The molecule has 0 radical (unpaired) electrons. The van der Waals surface area contributed by atoms with E-state index in [0.29, 0.717) is 40.5 Å². The molecule has 0 saturated heterocycles. The van der Waals surface area contributed by atoms with E-state index >= 15 is 0 Å². The summed E-state index contributed by atoms with van der Waals surface area (Å²) in [5, 5.41) is 14.6. The van der Waals surface area contributed by atoms with E-state index in [1.54, 1.807) is 43.6 Å². The van der Waals surface area contributed by atoms with Crippen molar-refractivity contribution >= 4 is 52.3 Å². The van der Waals surface area contributed by atoms with Crippen molar-refractivity contribution in [2.45, 2.75) is 61.9 Å². The zero-order valence-corrected chi connectivity index (χ0v) is 42.2. The van der Waals surface area contributed by atoms with E-state index in [2.05, 4.69) is 31.4 Å². The molecule has 2 aromatic heterocycles. The van der Waals surface area contributed by atoms with E-state index < -0.39 is 53.4 Å². The Morgan fingerprint density at radius 1 is 0.800 bits per heavy atom. The minimum absolute atomic E-state index is 0.00547. The average molecular weight is 1030 g/mol. The van der Waals surface area contributed by atoms with Gasteiger partial charge in [0, 0.05) is 59.1 Å². The van der Waals surface area contributed by atoms with Crippen molar-refractivity contribution in [3.05, 3.63) is 156 Å². The molecule has 8 rings (SSSR count). The maximum Gasteiger partial charge on any atom is 0.410 e. The molecule has 0 spiro atoms. The van der Waals surface area contributed by atoms with Crippen LogP contribution in [-0.2, 0) is 43.0 Å². The maximum atomic E-state index is 13.5. The monoisotopic (exact) mass is 1030 g/mol. The fourth-order valence-electron chi connectivity index (χ4n) is 8.40. The van der Waals surface area contributed by atoms with Crippen LogP contribution in [0.5, 0.6) is 0 Å². The van der Waals surface area contributed by atoms with E-state index in [1.807, 2.05) is 111 Å². The van der Waals surface area contributed by atoms with Gasteiger partial charge in [0.15, 0.2) is 17.3 Å². The molecule has 386 valence electrons. The Labute approximate surface area is 435 Å². The summed E-state index contributed by atoms with van der Waals surface area (Å²) in [4.78, 5) is 74.7. The number of carbonyl (C=O) groups excluding carboxylic acids is 5. The van der Waals surface area contributed by atoms with Crippen molar-refractivity contribution in [3.8, 4) is 45.1 Å². The number of anilines is 2.